The van der Waals surface area contributed by atoms with E-state index in [9.17, 15) is 0 Å². The van der Waals surface area contributed by atoms with Crippen LogP contribution in [0.5, 0.6) is 0 Å². The molecule has 0 aliphatic carbocycles. The Morgan fingerprint density at radius 1 is 1.17 bits per heavy atom. The molecule has 0 rings (SSSR count). The summed E-state index contributed by atoms with van der Waals surface area (Å²) in [4.78, 5) is 0. The molecule has 0 heterocycles. The molecule has 0 aliphatic rings. The van der Waals surface area contributed by atoms with Crippen molar-refractivity contribution in [2.75, 3.05) is 0 Å². The molecule has 0 radical (unpaired) electrons. The summed E-state index contributed by atoms with van der Waals surface area (Å²) in [5.41, 5.74) is 7.36. The average molecular weight is 249 g/mol. The Bertz CT molecular complexity index is 307. The van der Waals surface area contributed by atoms with Gasteiger partial charge in [-0.1, -0.05) is 66.3 Å². The molecule has 0 aromatic carbocycles. The number of allylic oxidation sites excluding steroid dienone is 4. The number of hydrogen-bond donors (Lipinski definition) is 1. The lowest BCUT2D eigenvalue weighted by Crippen LogP contribution is -2.23. The molecule has 2 N–H and O–H groups in total. The number of hydrogen-bond acceptors (Lipinski definition) is 1. The summed E-state index contributed by atoms with van der Waals surface area (Å²) >= 11 is 0. The first-order valence-corrected chi connectivity index (χ1v) is 6.80. The second kappa shape index (κ2) is 6.82. The lowest BCUT2D eigenvalue weighted by Gasteiger charge is -2.33. The van der Waals surface area contributed by atoms with Crippen molar-refractivity contribution in [1.29, 1.82) is 0 Å². The van der Waals surface area contributed by atoms with E-state index in [0.717, 1.165) is 12.1 Å². The molecule has 0 saturated heterocycles. The van der Waals surface area contributed by atoms with Crippen molar-refractivity contribution in [3.63, 3.8) is 0 Å². The van der Waals surface area contributed by atoms with Crippen LogP contribution in [0.3, 0.4) is 0 Å². The van der Waals surface area contributed by atoms with Crippen LogP contribution >= 0.6 is 0 Å². The van der Waals surface area contributed by atoms with E-state index < -0.39 is 0 Å². The molecule has 1 nitrogen and oxygen atoms in total. The minimum atomic E-state index is 0.292. The van der Waals surface area contributed by atoms with Gasteiger partial charge in [0.2, 0.25) is 0 Å². The number of nitrogens with two attached hydrogens (primary N) is 1. The predicted molar refractivity (Wildman–Crippen MR) is 83.2 cm³/mol. The van der Waals surface area contributed by atoms with Crippen LogP contribution in [0.1, 0.15) is 54.4 Å². The molecular weight excluding hydrogens is 218 g/mol. The van der Waals surface area contributed by atoms with Crippen LogP contribution < -0.4 is 5.73 Å². The van der Waals surface area contributed by atoms with Gasteiger partial charge in [-0.05, 0) is 29.2 Å². The molecule has 0 fully saturated rings. The van der Waals surface area contributed by atoms with Crippen molar-refractivity contribution in [2.24, 2.45) is 22.5 Å². The third-order valence-corrected chi connectivity index (χ3v) is 3.00. The van der Waals surface area contributed by atoms with Crippen LogP contribution in [-0.2, 0) is 0 Å². The fraction of sp³-hybridized carbons (Fsp3) is 0.647. The van der Waals surface area contributed by atoms with Gasteiger partial charge in [0.05, 0.1) is 0 Å². The summed E-state index contributed by atoms with van der Waals surface area (Å²) in [6.07, 6.45) is 10.1. The molecular formula is C17H31N. The smallest absolute Gasteiger partial charge is 0.0119 e. The molecule has 0 amide bonds. The summed E-state index contributed by atoms with van der Waals surface area (Å²) in [6.45, 7) is 17.4. The Hall–Kier alpha value is -0.980. The Morgan fingerprint density at radius 3 is 2.11 bits per heavy atom. The van der Waals surface area contributed by atoms with Gasteiger partial charge < -0.3 is 5.73 Å². The van der Waals surface area contributed by atoms with E-state index >= 15 is 0 Å². The second-order valence-corrected chi connectivity index (χ2v) is 7.35. The van der Waals surface area contributed by atoms with Gasteiger partial charge in [-0.25, -0.2) is 0 Å². The second-order valence-electron chi connectivity index (χ2n) is 7.35. The maximum atomic E-state index is 5.85. The highest BCUT2D eigenvalue weighted by Gasteiger charge is 2.26. The van der Waals surface area contributed by atoms with E-state index in [1.54, 1.807) is 6.08 Å². The van der Waals surface area contributed by atoms with E-state index in [1.165, 1.54) is 6.42 Å². The average Bonchev–Trinajstić information content (AvgIpc) is 2.13. The molecule has 0 bridgehead atoms. The minimum absolute atomic E-state index is 0.292. The molecule has 0 aromatic heterocycles. The van der Waals surface area contributed by atoms with Crippen LogP contribution in [0.4, 0.5) is 0 Å². The molecule has 0 aromatic rings. The lowest BCUT2D eigenvalue weighted by molar-refractivity contribution is 0.206. The Balaban J connectivity index is 4.66. The van der Waals surface area contributed by atoms with Crippen molar-refractivity contribution in [1.82, 2.24) is 0 Å². The standard InChI is InChI=1S/C17H31N/c1-8-10-15(18)12-9-11-14(17(5,6)7)13-16(2,3)4/h8-11,14H,1,12-13,18H2,2-7H3/b11-9+,15-10-. The van der Waals surface area contributed by atoms with Gasteiger partial charge >= 0.3 is 0 Å². The molecule has 0 spiro atoms. The molecule has 1 heteroatoms. The highest BCUT2D eigenvalue weighted by molar-refractivity contribution is 5.11. The predicted octanol–water partition coefficient (Wildman–Crippen LogP) is 5.06. The molecule has 0 saturated carbocycles. The summed E-state index contributed by atoms with van der Waals surface area (Å²) in [7, 11) is 0. The summed E-state index contributed by atoms with van der Waals surface area (Å²) in [5.74, 6) is 0.578. The van der Waals surface area contributed by atoms with Crippen molar-refractivity contribution in [3.8, 4) is 0 Å². The van der Waals surface area contributed by atoms with E-state index in [-0.39, 0.29) is 0 Å². The topological polar surface area (TPSA) is 26.0 Å². The maximum Gasteiger partial charge on any atom is 0.0119 e. The van der Waals surface area contributed by atoms with Crippen LogP contribution in [0.15, 0.2) is 36.6 Å². The van der Waals surface area contributed by atoms with Crippen molar-refractivity contribution >= 4 is 0 Å². The van der Waals surface area contributed by atoms with Gasteiger partial charge in [-0.3, -0.25) is 0 Å². The van der Waals surface area contributed by atoms with Gasteiger partial charge in [-0.2, -0.15) is 0 Å². The first-order valence-electron chi connectivity index (χ1n) is 6.80. The Labute approximate surface area is 114 Å². The monoisotopic (exact) mass is 249 g/mol. The zero-order chi connectivity index (χ0) is 14.4. The summed E-state index contributed by atoms with van der Waals surface area (Å²) in [6, 6.07) is 0. The van der Waals surface area contributed by atoms with Crippen molar-refractivity contribution in [3.05, 3.63) is 36.6 Å². The van der Waals surface area contributed by atoms with Gasteiger partial charge in [0.1, 0.15) is 0 Å². The van der Waals surface area contributed by atoms with E-state index in [4.69, 9.17) is 5.73 Å². The van der Waals surface area contributed by atoms with E-state index in [1.807, 2.05) is 6.08 Å². The van der Waals surface area contributed by atoms with E-state index in [2.05, 4.69) is 60.3 Å². The Morgan fingerprint density at radius 2 is 1.72 bits per heavy atom. The first kappa shape index (κ1) is 17.0. The molecule has 18 heavy (non-hydrogen) atoms. The van der Waals surface area contributed by atoms with Crippen LogP contribution in [0.25, 0.3) is 0 Å². The van der Waals surface area contributed by atoms with Gasteiger partial charge in [-0.15, -0.1) is 0 Å². The van der Waals surface area contributed by atoms with Gasteiger partial charge in [0.25, 0.3) is 0 Å². The zero-order valence-corrected chi connectivity index (χ0v) is 13.1. The Kier molecular flexibility index (Phi) is 6.45. The first-order chi connectivity index (χ1) is 8.06. The van der Waals surface area contributed by atoms with Crippen LogP contribution in [-0.4, -0.2) is 0 Å². The lowest BCUT2D eigenvalue weighted by atomic mass is 9.72. The van der Waals surface area contributed by atoms with Gasteiger partial charge in [0, 0.05) is 12.1 Å². The molecule has 0 aliphatic heterocycles. The quantitative estimate of drug-likeness (QED) is 0.535. The fourth-order valence-electron chi connectivity index (χ4n) is 1.91. The van der Waals surface area contributed by atoms with Crippen LogP contribution in [0, 0.1) is 16.7 Å². The third kappa shape index (κ3) is 8.16. The van der Waals surface area contributed by atoms with E-state index in [0.29, 0.717) is 16.7 Å². The summed E-state index contributed by atoms with van der Waals surface area (Å²) in [5, 5.41) is 0. The van der Waals surface area contributed by atoms with Crippen LogP contribution in [0.2, 0.25) is 0 Å². The van der Waals surface area contributed by atoms with Crippen molar-refractivity contribution < 1.29 is 0 Å². The zero-order valence-electron chi connectivity index (χ0n) is 13.1. The third-order valence-electron chi connectivity index (χ3n) is 3.00. The van der Waals surface area contributed by atoms with Crippen molar-refractivity contribution in [2.45, 2.75) is 54.4 Å². The summed E-state index contributed by atoms with van der Waals surface area (Å²) < 4.78 is 0. The SMILES string of the molecule is C=C/C=C(\N)C/C=C/C(CC(C)(C)C)C(C)(C)C. The normalized spacial score (nSPS) is 16.0. The maximum absolute atomic E-state index is 5.85. The fourth-order valence-corrected chi connectivity index (χ4v) is 1.91. The minimum Gasteiger partial charge on any atom is -0.402 e. The molecule has 104 valence electrons. The largest absolute Gasteiger partial charge is 0.402 e. The van der Waals surface area contributed by atoms with Gasteiger partial charge in [0.15, 0.2) is 0 Å². The molecule has 1 unspecified atom stereocenters. The highest BCUT2D eigenvalue weighted by Crippen LogP contribution is 2.36. The molecule has 1 atom stereocenters. The number of rotatable bonds is 5. The highest BCUT2D eigenvalue weighted by atomic mass is 14.6.